The van der Waals surface area contributed by atoms with E-state index in [4.69, 9.17) is 4.74 Å². The molecule has 1 fully saturated rings. The highest BCUT2D eigenvalue weighted by Crippen LogP contribution is 2.30. The third-order valence-corrected chi connectivity index (χ3v) is 6.19. The highest BCUT2D eigenvalue weighted by Gasteiger charge is 2.36. The fraction of sp³-hybridized carbons (Fsp3) is 0.333. The molecule has 1 aromatic heterocycles. The van der Waals surface area contributed by atoms with E-state index in [2.05, 4.69) is 61.1 Å². The zero-order valence-electron chi connectivity index (χ0n) is 22.6. The average molecular weight is 559 g/mol. The first-order valence-corrected chi connectivity index (χ1v) is 12.3. The van der Waals surface area contributed by atoms with Gasteiger partial charge < -0.3 is 30.5 Å². The van der Waals surface area contributed by atoms with Gasteiger partial charge in [0.05, 0.1) is 12.8 Å². The van der Waals surface area contributed by atoms with Gasteiger partial charge in [-0.1, -0.05) is 12.6 Å². The molecule has 0 aliphatic carbocycles. The molecule has 40 heavy (non-hydrogen) atoms. The van der Waals surface area contributed by atoms with Crippen LogP contribution in [-0.4, -0.2) is 81.9 Å². The Balaban J connectivity index is 1.73. The third kappa shape index (κ3) is 8.06. The Morgan fingerprint density at radius 1 is 1.27 bits per heavy atom. The number of rotatable bonds is 12. The van der Waals surface area contributed by atoms with Gasteiger partial charge >= 0.3 is 6.18 Å². The fourth-order valence-electron chi connectivity index (χ4n) is 4.07. The molecule has 0 radical (unpaired) electrons. The molecule has 10 nitrogen and oxygen atoms in total. The third-order valence-electron chi connectivity index (χ3n) is 6.19. The number of likely N-dealkylation sites (N-methyl/N-ethyl adjacent to an activating group) is 2. The van der Waals surface area contributed by atoms with Crippen molar-refractivity contribution in [1.82, 2.24) is 9.88 Å². The number of anilines is 4. The number of alkyl halides is 3. The van der Waals surface area contributed by atoms with Crippen LogP contribution < -0.4 is 25.6 Å². The van der Waals surface area contributed by atoms with Gasteiger partial charge in [-0.2, -0.15) is 18.2 Å². The van der Waals surface area contributed by atoms with E-state index in [0.717, 1.165) is 31.4 Å². The monoisotopic (exact) mass is 558 g/mol. The first-order valence-electron chi connectivity index (χ1n) is 12.3. The molecular weight excluding hydrogens is 525 g/mol. The number of nitrogens with zero attached hydrogens (tertiary/aromatic N) is 5. The van der Waals surface area contributed by atoms with Crippen LogP contribution in [0.5, 0.6) is 5.88 Å². The number of carbonyl (C=O) groups excluding carboxylic acids is 1. The lowest BCUT2D eigenvalue weighted by molar-refractivity contribution is -0.111. The van der Waals surface area contributed by atoms with E-state index >= 15 is 0 Å². The highest BCUT2D eigenvalue weighted by atomic mass is 19.4. The number of pyridine rings is 1. The van der Waals surface area contributed by atoms with Gasteiger partial charge in [0, 0.05) is 37.2 Å². The predicted molar refractivity (Wildman–Crippen MR) is 154 cm³/mol. The van der Waals surface area contributed by atoms with Crippen molar-refractivity contribution in [2.45, 2.75) is 18.6 Å². The fourth-order valence-corrected chi connectivity index (χ4v) is 4.07. The number of carbonyl (C=O) groups is 1. The summed E-state index contributed by atoms with van der Waals surface area (Å²) in [5.41, 5.74) is -0.0346. The molecule has 0 saturated carbocycles. The summed E-state index contributed by atoms with van der Waals surface area (Å²) in [5.74, 6) is 0.0265. The lowest BCUT2D eigenvalue weighted by Gasteiger charge is -2.26. The van der Waals surface area contributed by atoms with Gasteiger partial charge in [0.15, 0.2) is 0 Å². The van der Waals surface area contributed by atoms with E-state index in [-0.39, 0.29) is 12.4 Å². The maximum absolute atomic E-state index is 13.9. The van der Waals surface area contributed by atoms with E-state index < -0.39 is 23.5 Å². The van der Waals surface area contributed by atoms with Crippen molar-refractivity contribution in [3.05, 3.63) is 60.4 Å². The molecule has 1 saturated heterocycles. The molecule has 214 valence electrons. The Bertz CT molecular complexity index is 1280. The number of aliphatic imine (C=N–C) groups is 2. The molecule has 1 aromatic carbocycles. The van der Waals surface area contributed by atoms with E-state index in [9.17, 15) is 18.0 Å². The van der Waals surface area contributed by atoms with E-state index in [1.807, 2.05) is 13.1 Å². The van der Waals surface area contributed by atoms with Crippen LogP contribution >= 0.6 is 0 Å². The molecule has 1 unspecified atom stereocenters. The van der Waals surface area contributed by atoms with Gasteiger partial charge in [-0.3, -0.25) is 9.79 Å². The minimum absolute atomic E-state index is 0.187. The summed E-state index contributed by atoms with van der Waals surface area (Å²) in [6, 6.07) is 10.0. The Morgan fingerprint density at radius 3 is 2.60 bits per heavy atom. The van der Waals surface area contributed by atoms with Crippen LogP contribution in [0.4, 0.5) is 36.1 Å². The Kier molecular flexibility index (Phi) is 10.3. The molecule has 1 aliphatic heterocycles. The van der Waals surface area contributed by atoms with Crippen LogP contribution in [0.2, 0.25) is 0 Å². The van der Waals surface area contributed by atoms with Crippen molar-refractivity contribution >= 4 is 41.7 Å². The van der Waals surface area contributed by atoms with Crippen LogP contribution in [0.1, 0.15) is 6.42 Å². The summed E-state index contributed by atoms with van der Waals surface area (Å²) in [6.45, 7) is 8.39. The molecule has 2 aromatic rings. The van der Waals surface area contributed by atoms with Crippen LogP contribution in [0.15, 0.2) is 70.4 Å². The number of likely N-dealkylation sites (tertiary alicyclic amines) is 1. The van der Waals surface area contributed by atoms with Gasteiger partial charge in [0.1, 0.15) is 23.9 Å². The number of aromatic nitrogens is 1. The predicted octanol–water partition coefficient (Wildman–Crippen LogP) is 4.38. The molecule has 3 rings (SSSR count). The zero-order valence-corrected chi connectivity index (χ0v) is 22.6. The highest BCUT2D eigenvalue weighted by molar-refractivity contribution is 5.99. The second-order valence-electron chi connectivity index (χ2n) is 9.01. The summed E-state index contributed by atoms with van der Waals surface area (Å²) < 4.78 is 47.1. The van der Waals surface area contributed by atoms with Crippen molar-refractivity contribution in [2.75, 3.05) is 61.8 Å². The van der Waals surface area contributed by atoms with Crippen LogP contribution in [0.25, 0.3) is 0 Å². The molecule has 0 spiro atoms. The standard InChI is InChI=1S/C27H33F3N8O2/c1-6-24(39)34-18-8-7-9-19(14-18)35-25(31-2)21(27(28,29)30)15-32-17-33-22-10-11-23(36-26(22)40-5)38(4)20-12-13-37(3)16-20/h6-11,14-15,20,33,35H,1-2,12-13,16-17H2,3-5H3,(H,34,39)/b25-21-,32-15?. The normalized spacial score (nSPS) is 16.3. The number of amides is 1. The number of hydrogen-bond donors (Lipinski definition) is 3. The largest absolute Gasteiger partial charge is 0.479 e. The van der Waals surface area contributed by atoms with Crippen LogP contribution in [-0.2, 0) is 4.79 Å². The number of allylic oxidation sites excluding steroid dienone is 1. The Labute approximate surface area is 231 Å². The molecule has 0 bridgehead atoms. The Morgan fingerprint density at radius 2 is 2.00 bits per heavy atom. The molecular formula is C27H33F3N8O2. The summed E-state index contributed by atoms with van der Waals surface area (Å²) in [6.07, 6.45) is -2.00. The maximum atomic E-state index is 13.9. The van der Waals surface area contributed by atoms with Crippen LogP contribution in [0, 0.1) is 0 Å². The van der Waals surface area contributed by atoms with Gasteiger partial charge in [-0.25, -0.2) is 4.99 Å². The van der Waals surface area contributed by atoms with Crippen LogP contribution in [0.3, 0.4) is 0 Å². The lowest BCUT2D eigenvalue weighted by Crippen LogP contribution is -2.34. The second-order valence-corrected chi connectivity index (χ2v) is 9.01. The van der Waals surface area contributed by atoms with E-state index in [0.29, 0.717) is 29.5 Å². The van der Waals surface area contributed by atoms with E-state index in [1.54, 1.807) is 18.2 Å². The minimum atomic E-state index is -4.78. The van der Waals surface area contributed by atoms with Crippen molar-refractivity contribution in [2.24, 2.45) is 9.98 Å². The summed E-state index contributed by atoms with van der Waals surface area (Å²) >= 11 is 0. The molecule has 1 aliphatic rings. The average Bonchev–Trinajstić information content (AvgIpc) is 3.37. The number of halogens is 3. The SMILES string of the molecule is C=CC(=O)Nc1cccc(N/C(N=C)=C(/C=NCNc2ccc(N(C)C3CCN(C)C3)nc2OC)C(F)(F)F)c1. The molecule has 1 amide bonds. The quantitative estimate of drug-likeness (QED) is 0.262. The summed E-state index contributed by atoms with van der Waals surface area (Å²) in [7, 11) is 5.52. The second kappa shape index (κ2) is 13.6. The number of methoxy groups -OCH3 is 1. The van der Waals surface area contributed by atoms with Crippen molar-refractivity contribution in [3.8, 4) is 5.88 Å². The first-order chi connectivity index (χ1) is 19.0. The lowest BCUT2D eigenvalue weighted by atomic mass is 10.2. The first kappa shape index (κ1) is 30.2. The van der Waals surface area contributed by atoms with Gasteiger partial charge in [-0.05, 0) is 63.1 Å². The molecule has 3 N–H and O–H groups in total. The topological polar surface area (TPSA) is 106 Å². The molecule has 13 heteroatoms. The van der Waals surface area contributed by atoms with Gasteiger partial charge in [0.2, 0.25) is 11.8 Å². The maximum Gasteiger partial charge on any atom is 0.421 e. The summed E-state index contributed by atoms with van der Waals surface area (Å²) in [5, 5.41) is 8.06. The molecule has 2 heterocycles. The summed E-state index contributed by atoms with van der Waals surface area (Å²) in [4.78, 5) is 27.9. The number of hydrogen-bond acceptors (Lipinski definition) is 9. The van der Waals surface area contributed by atoms with Gasteiger partial charge in [-0.15, -0.1) is 0 Å². The van der Waals surface area contributed by atoms with Crippen molar-refractivity contribution in [3.63, 3.8) is 0 Å². The van der Waals surface area contributed by atoms with E-state index in [1.165, 1.54) is 19.2 Å². The smallest absolute Gasteiger partial charge is 0.421 e. The number of benzene rings is 1. The zero-order chi connectivity index (χ0) is 29.3. The minimum Gasteiger partial charge on any atom is -0.479 e. The molecule has 1 atom stereocenters. The van der Waals surface area contributed by atoms with Crippen molar-refractivity contribution in [1.29, 1.82) is 0 Å². The van der Waals surface area contributed by atoms with Crippen molar-refractivity contribution < 1.29 is 22.7 Å². The number of ether oxygens (including phenoxy) is 1. The number of nitrogens with one attached hydrogen (secondary N) is 3. The van der Waals surface area contributed by atoms with Gasteiger partial charge in [0.25, 0.3) is 0 Å². The Hall–Kier alpha value is -4.39.